The van der Waals surface area contributed by atoms with Crippen LogP contribution in [0.15, 0.2) is 121 Å². The Hall–Kier alpha value is -4.11. The van der Waals surface area contributed by atoms with Crippen molar-refractivity contribution in [2.75, 3.05) is 0 Å². The van der Waals surface area contributed by atoms with E-state index in [2.05, 4.69) is 78.6 Å². The molecule has 3 nitrogen and oxygen atoms in total. The maximum Gasteiger partial charge on any atom is 0.0705 e. The lowest BCUT2D eigenvalue weighted by atomic mass is 9.77. The Bertz CT molecular complexity index is 1250. The second kappa shape index (κ2) is 9.17. The highest BCUT2D eigenvalue weighted by Gasteiger charge is 2.33. The fourth-order valence-corrected chi connectivity index (χ4v) is 4.20. The van der Waals surface area contributed by atoms with Crippen LogP contribution in [0, 0.1) is 0 Å². The second-order valence-electron chi connectivity index (χ2n) is 8.38. The van der Waals surface area contributed by atoms with Crippen LogP contribution in [0.5, 0.6) is 0 Å². The zero-order chi connectivity index (χ0) is 22.5. The normalized spacial score (nSPS) is 11.3. The van der Waals surface area contributed by atoms with Crippen molar-refractivity contribution in [3.63, 3.8) is 0 Å². The van der Waals surface area contributed by atoms with E-state index in [1.165, 1.54) is 0 Å². The molecule has 0 saturated carbocycles. The van der Waals surface area contributed by atoms with Crippen LogP contribution in [0.2, 0.25) is 0 Å². The van der Waals surface area contributed by atoms with Crippen molar-refractivity contribution in [3.05, 3.63) is 139 Å². The zero-order valence-corrected chi connectivity index (χ0v) is 18.6. The molecule has 0 amide bonds. The Morgan fingerprint density at radius 1 is 0.545 bits per heavy atom. The average molecular weight is 428 g/mol. The number of pyridine rings is 3. The molecule has 0 aliphatic carbocycles. The number of hydrogen-bond acceptors (Lipinski definition) is 3. The summed E-state index contributed by atoms with van der Waals surface area (Å²) in [6.45, 7) is 2.22. The minimum absolute atomic E-state index is 0.454. The number of nitrogens with zero attached hydrogens (tertiary/aromatic N) is 3. The van der Waals surface area contributed by atoms with E-state index in [9.17, 15) is 0 Å². The molecule has 33 heavy (non-hydrogen) atoms. The highest BCUT2D eigenvalue weighted by Crippen LogP contribution is 2.35. The Balaban J connectivity index is 1.64. The summed E-state index contributed by atoms with van der Waals surface area (Å²) in [6.07, 6.45) is 2.54. The molecule has 0 saturated heterocycles. The molecule has 0 unspecified atom stereocenters. The van der Waals surface area contributed by atoms with E-state index < -0.39 is 5.41 Å². The third kappa shape index (κ3) is 4.44. The Labute approximate surface area is 194 Å². The maximum absolute atomic E-state index is 5.12. The highest BCUT2D eigenvalue weighted by atomic mass is 14.8. The monoisotopic (exact) mass is 427 g/mol. The van der Waals surface area contributed by atoms with E-state index in [0.717, 1.165) is 39.6 Å². The van der Waals surface area contributed by atoms with Gasteiger partial charge in [0.25, 0.3) is 0 Å². The first kappa shape index (κ1) is 20.8. The van der Waals surface area contributed by atoms with Gasteiger partial charge in [0.05, 0.1) is 28.2 Å². The van der Waals surface area contributed by atoms with Gasteiger partial charge in [-0.15, -0.1) is 0 Å². The van der Waals surface area contributed by atoms with Crippen molar-refractivity contribution in [2.24, 2.45) is 0 Å². The quantitative estimate of drug-likeness (QED) is 0.301. The molecule has 0 aliphatic heterocycles. The molecule has 5 aromatic rings. The predicted molar refractivity (Wildman–Crippen MR) is 134 cm³/mol. The molecular weight excluding hydrogens is 402 g/mol. The predicted octanol–water partition coefficient (Wildman–Crippen LogP) is 6.75. The SMILES string of the molecule is CC(Cc1ccccn1)(c1cccc(-c2ccccc2)n1)c1cccc(-c2ccccc2)n1. The van der Waals surface area contributed by atoms with Gasteiger partial charge in [0, 0.05) is 29.4 Å². The van der Waals surface area contributed by atoms with Gasteiger partial charge in [-0.2, -0.15) is 0 Å². The minimum atomic E-state index is -0.454. The Morgan fingerprint density at radius 3 is 1.55 bits per heavy atom. The molecule has 0 radical (unpaired) electrons. The molecule has 160 valence electrons. The summed E-state index contributed by atoms with van der Waals surface area (Å²) < 4.78 is 0. The topological polar surface area (TPSA) is 38.7 Å². The zero-order valence-electron chi connectivity index (χ0n) is 18.6. The van der Waals surface area contributed by atoms with E-state index in [0.29, 0.717) is 6.42 Å². The summed E-state index contributed by atoms with van der Waals surface area (Å²) in [7, 11) is 0. The van der Waals surface area contributed by atoms with Crippen LogP contribution in [0.25, 0.3) is 22.5 Å². The van der Waals surface area contributed by atoms with Crippen LogP contribution >= 0.6 is 0 Å². The molecule has 0 spiro atoms. The summed E-state index contributed by atoms with van der Waals surface area (Å²) in [5, 5.41) is 0. The Kier molecular flexibility index (Phi) is 5.77. The van der Waals surface area contributed by atoms with Gasteiger partial charge in [-0.3, -0.25) is 15.0 Å². The van der Waals surface area contributed by atoms with E-state index in [-0.39, 0.29) is 0 Å². The number of benzene rings is 2. The van der Waals surface area contributed by atoms with E-state index in [4.69, 9.17) is 9.97 Å². The number of aromatic nitrogens is 3. The molecule has 5 rings (SSSR count). The lowest BCUT2D eigenvalue weighted by molar-refractivity contribution is 0.526. The van der Waals surface area contributed by atoms with Gasteiger partial charge in [-0.25, -0.2) is 0 Å². The molecule has 0 N–H and O–H groups in total. The number of rotatable bonds is 6. The number of hydrogen-bond donors (Lipinski definition) is 0. The third-order valence-electron chi connectivity index (χ3n) is 6.03. The molecule has 0 fully saturated rings. The fraction of sp³-hybridized carbons (Fsp3) is 0.100. The first-order valence-corrected chi connectivity index (χ1v) is 11.2. The summed E-state index contributed by atoms with van der Waals surface area (Å²) in [5.74, 6) is 0. The molecule has 3 aromatic heterocycles. The van der Waals surface area contributed by atoms with Crippen LogP contribution in [0.3, 0.4) is 0 Å². The van der Waals surface area contributed by atoms with Crippen LogP contribution in [-0.2, 0) is 11.8 Å². The average Bonchev–Trinajstić information content (AvgIpc) is 2.90. The van der Waals surface area contributed by atoms with Crippen molar-refractivity contribution < 1.29 is 0 Å². The smallest absolute Gasteiger partial charge is 0.0705 e. The highest BCUT2D eigenvalue weighted by molar-refractivity contribution is 5.61. The first-order chi connectivity index (χ1) is 16.2. The van der Waals surface area contributed by atoms with E-state index in [1.54, 1.807) is 0 Å². The summed E-state index contributed by atoms with van der Waals surface area (Å²) in [4.78, 5) is 14.9. The molecule has 0 aliphatic rings. The van der Waals surface area contributed by atoms with Crippen molar-refractivity contribution >= 4 is 0 Å². The van der Waals surface area contributed by atoms with Crippen LogP contribution in [-0.4, -0.2) is 15.0 Å². The van der Waals surface area contributed by atoms with Crippen LogP contribution in [0.1, 0.15) is 24.0 Å². The third-order valence-corrected chi connectivity index (χ3v) is 6.03. The molecule has 2 aromatic carbocycles. The van der Waals surface area contributed by atoms with Gasteiger partial charge >= 0.3 is 0 Å². The van der Waals surface area contributed by atoms with Gasteiger partial charge in [0.2, 0.25) is 0 Å². The van der Waals surface area contributed by atoms with Crippen molar-refractivity contribution in [1.29, 1.82) is 0 Å². The fourth-order valence-electron chi connectivity index (χ4n) is 4.20. The lowest BCUT2D eigenvalue weighted by Gasteiger charge is -2.29. The van der Waals surface area contributed by atoms with Gasteiger partial charge in [-0.05, 0) is 43.3 Å². The van der Waals surface area contributed by atoms with Crippen molar-refractivity contribution in [3.8, 4) is 22.5 Å². The van der Waals surface area contributed by atoms with Crippen molar-refractivity contribution in [2.45, 2.75) is 18.8 Å². The largest absolute Gasteiger partial charge is 0.261 e. The Morgan fingerprint density at radius 2 is 1.06 bits per heavy atom. The van der Waals surface area contributed by atoms with Crippen molar-refractivity contribution in [1.82, 2.24) is 15.0 Å². The molecular formula is C30H25N3. The lowest BCUT2D eigenvalue weighted by Crippen LogP contribution is -2.30. The van der Waals surface area contributed by atoms with Gasteiger partial charge < -0.3 is 0 Å². The molecule has 3 heteroatoms. The molecule has 0 bridgehead atoms. The summed E-state index contributed by atoms with van der Waals surface area (Å²) in [5.41, 5.74) is 6.64. The van der Waals surface area contributed by atoms with E-state index >= 15 is 0 Å². The van der Waals surface area contributed by atoms with Crippen LogP contribution in [0.4, 0.5) is 0 Å². The van der Waals surface area contributed by atoms with Gasteiger partial charge in [-0.1, -0.05) is 78.9 Å². The standard InChI is InChI=1S/C30H25N3/c1-30(22-25-16-8-9-21-31-25,28-19-10-17-26(32-28)23-12-4-2-5-13-23)29-20-11-18-27(33-29)24-14-6-3-7-15-24/h2-21H,22H2,1H3. The minimum Gasteiger partial charge on any atom is -0.261 e. The molecule has 3 heterocycles. The van der Waals surface area contributed by atoms with Crippen LogP contribution < -0.4 is 0 Å². The first-order valence-electron chi connectivity index (χ1n) is 11.2. The molecule has 0 atom stereocenters. The van der Waals surface area contributed by atoms with Gasteiger partial charge in [0.15, 0.2) is 0 Å². The summed E-state index contributed by atoms with van der Waals surface area (Å²) >= 11 is 0. The van der Waals surface area contributed by atoms with E-state index in [1.807, 2.05) is 54.7 Å². The summed E-state index contributed by atoms with van der Waals surface area (Å²) in [6, 6.07) is 39.2. The second-order valence-corrected chi connectivity index (χ2v) is 8.38. The van der Waals surface area contributed by atoms with Gasteiger partial charge in [0.1, 0.15) is 0 Å². The maximum atomic E-state index is 5.12.